The smallest absolute Gasteiger partial charge is 0.274 e. The largest absolute Gasteiger partial charge is 0.461 e. The number of aromatic nitrogens is 1. The molecule has 0 fully saturated rings. The molecule has 0 radical (unpaired) electrons. The van der Waals surface area contributed by atoms with E-state index in [0.717, 1.165) is 16.7 Å². The van der Waals surface area contributed by atoms with Crippen molar-refractivity contribution in [3.05, 3.63) is 102 Å². The minimum absolute atomic E-state index is 0.192. The zero-order chi connectivity index (χ0) is 19.9. The summed E-state index contributed by atoms with van der Waals surface area (Å²) in [4.78, 5) is 16.6. The molecule has 0 saturated heterocycles. The second-order valence-corrected chi connectivity index (χ2v) is 6.44. The van der Waals surface area contributed by atoms with Crippen molar-refractivity contribution in [2.24, 2.45) is 0 Å². The van der Waals surface area contributed by atoms with Crippen LogP contribution in [0.4, 0.5) is 0 Å². The molecule has 0 atom stereocenters. The maximum atomic E-state index is 12.6. The van der Waals surface area contributed by atoms with Gasteiger partial charge in [-0.2, -0.15) is 0 Å². The predicted octanol–water partition coefficient (Wildman–Crippen LogP) is 4.58. The Morgan fingerprint density at radius 3 is 2.48 bits per heavy atom. The highest BCUT2D eigenvalue weighted by Crippen LogP contribution is 2.23. The van der Waals surface area contributed by atoms with Gasteiger partial charge in [-0.15, -0.1) is 0 Å². The quantitative estimate of drug-likeness (QED) is 0.478. The van der Waals surface area contributed by atoms with Gasteiger partial charge in [0.05, 0.1) is 19.5 Å². The van der Waals surface area contributed by atoms with Crippen LogP contribution in [0.2, 0.25) is 0 Å². The van der Waals surface area contributed by atoms with E-state index in [9.17, 15) is 4.79 Å². The molecule has 2 heterocycles. The summed E-state index contributed by atoms with van der Waals surface area (Å²) in [7, 11) is 0. The van der Waals surface area contributed by atoms with E-state index in [0.29, 0.717) is 31.3 Å². The van der Waals surface area contributed by atoms with Crippen molar-refractivity contribution >= 4 is 5.91 Å². The Hall–Kier alpha value is -3.64. The van der Waals surface area contributed by atoms with Crippen LogP contribution in [0, 0.1) is 0 Å². The van der Waals surface area contributed by atoms with E-state index in [-0.39, 0.29) is 11.6 Å². The Bertz CT molecular complexity index is 1060. The maximum absolute atomic E-state index is 12.6. The standard InChI is InChI=1S/C23H20N2O4/c26-23(21-22(29-16-25-21)20-11-6-12-28-20)24-13-18-9-4-5-10-19(18)15-27-14-17-7-2-1-3-8-17/h1-12,16H,13-15H2,(H,24,26). The fourth-order valence-corrected chi connectivity index (χ4v) is 2.97. The summed E-state index contributed by atoms with van der Waals surface area (Å²) in [6.07, 6.45) is 2.75. The highest BCUT2D eigenvalue weighted by molar-refractivity contribution is 5.97. The van der Waals surface area contributed by atoms with E-state index in [1.54, 1.807) is 12.1 Å². The maximum Gasteiger partial charge on any atom is 0.274 e. The van der Waals surface area contributed by atoms with E-state index in [4.69, 9.17) is 13.6 Å². The molecule has 4 aromatic rings. The Balaban J connectivity index is 1.38. The van der Waals surface area contributed by atoms with Crippen LogP contribution >= 0.6 is 0 Å². The first-order chi connectivity index (χ1) is 14.3. The SMILES string of the molecule is O=C(NCc1ccccc1COCc1ccccc1)c1ncoc1-c1ccco1. The number of oxazole rings is 1. The van der Waals surface area contributed by atoms with Gasteiger partial charge in [0.25, 0.3) is 5.91 Å². The van der Waals surface area contributed by atoms with Gasteiger partial charge in [0.2, 0.25) is 5.76 Å². The number of nitrogens with zero attached hydrogens (tertiary/aromatic N) is 1. The zero-order valence-corrected chi connectivity index (χ0v) is 15.7. The third-order valence-electron chi connectivity index (χ3n) is 4.45. The van der Waals surface area contributed by atoms with Crippen molar-refractivity contribution in [3.8, 4) is 11.5 Å². The molecular weight excluding hydrogens is 368 g/mol. The van der Waals surface area contributed by atoms with Gasteiger partial charge < -0.3 is 18.9 Å². The number of carbonyl (C=O) groups excluding carboxylic acids is 1. The summed E-state index contributed by atoms with van der Waals surface area (Å²) >= 11 is 0. The second-order valence-electron chi connectivity index (χ2n) is 6.44. The number of amides is 1. The number of carbonyl (C=O) groups is 1. The number of nitrogens with one attached hydrogen (secondary N) is 1. The number of benzene rings is 2. The average molecular weight is 388 g/mol. The number of hydrogen-bond acceptors (Lipinski definition) is 5. The first-order valence-electron chi connectivity index (χ1n) is 9.25. The molecule has 0 spiro atoms. The molecule has 2 aromatic heterocycles. The fourth-order valence-electron chi connectivity index (χ4n) is 2.97. The van der Waals surface area contributed by atoms with E-state index in [1.165, 1.54) is 12.7 Å². The zero-order valence-electron chi connectivity index (χ0n) is 15.7. The van der Waals surface area contributed by atoms with Crippen molar-refractivity contribution in [3.63, 3.8) is 0 Å². The molecule has 1 N–H and O–H groups in total. The lowest BCUT2D eigenvalue weighted by Gasteiger charge is -2.11. The van der Waals surface area contributed by atoms with Gasteiger partial charge in [-0.05, 0) is 28.8 Å². The van der Waals surface area contributed by atoms with E-state index in [2.05, 4.69) is 10.3 Å². The van der Waals surface area contributed by atoms with Crippen LogP contribution in [0.3, 0.4) is 0 Å². The van der Waals surface area contributed by atoms with Gasteiger partial charge in [-0.25, -0.2) is 4.98 Å². The first kappa shape index (κ1) is 18.7. The van der Waals surface area contributed by atoms with Crippen LogP contribution in [-0.2, 0) is 24.5 Å². The van der Waals surface area contributed by atoms with Crippen LogP contribution in [0.1, 0.15) is 27.2 Å². The third-order valence-corrected chi connectivity index (χ3v) is 4.45. The monoisotopic (exact) mass is 388 g/mol. The van der Waals surface area contributed by atoms with Gasteiger partial charge in [0.15, 0.2) is 17.8 Å². The molecule has 0 saturated carbocycles. The molecule has 0 bridgehead atoms. The molecule has 0 aliphatic rings. The molecule has 0 aliphatic heterocycles. The minimum Gasteiger partial charge on any atom is -0.461 e. The molecule has 146 valence electrons. The Morgan fingerprint density at radius 1 is 0.897 bits per heavy atom. The van der Waals surface area contributed by atoms with Crippen LogP contribution in [0.15, 0.2) is 88.2 Å². The van der Waals surface area contributed by atoms with Gasteiger partial charge in [0, 0.05) is 6.54 Å². The van der Waals surface area contributed by atoms with Crippen LogP contribution in [0.5, 0.6) is 0 Å². The summed E-state index contributed by atoms with van der Waals surface area (Å²) in [5.41, 5.74) is 3.32. The normalized spacial score (nSPS) is 10.8. The van der Waals surface area contributed by atoms with Crippen molar-refractivity contribution in [2.75, 3.05) is 0 Å². The Morgan fingerprint density at radius 2 is 1.69 bits per heavy atom. The van der Waals surface area contributed by atoms with E-state index < -0.39 is 0 Å². The van der Waals surface area contributed by atoms with Gasteiger partial charge in [0.1, 0.15) is 0 Å². The van der Waals surface area contributed by atoms with Crippen LogP contribution in [-0.4, -0.2) is 10.9 Å². The molecule has 0 unspecified atom stereocenters. The second kappa shape index (κ2) is 9.03. The van der Waals surface area contributed by atoms with Gasteiger partial charge in [-0.3, -0.25) is 4.79 Å². The number of furan rings is 1. The summed E-state index contributed by atoms with van der Waals surface area (Å²) in [5.74, 6) is 0.444. The molecule has 1 amide bonds. The van der Waals surface area contributed by atoms with Gasteiger partial charge in [-0.1, -0.05) is 54.6 Å². The summed E-state index contributed by atoms with van der Waals surface area (Å²) < 4.78 is 16.5. The first-order valence-corrected chi connectivity index (χ1v) is 9.25. The topological polar surface area (TPSA) is 77.5 Å². The lowest BCUT2D eigenvalue weighted by Crippen LogP contribution is -2.24. The van der Waals surface area contributed by atoms with Crippen molar-refractivity contribution in [1.82, 2.24) is 10.3 Å². The van der Waals surface area contributed by atoms with Crippen molar-refractivity contribution < 1.29 is 18.4 Å². The van der Waals surface area contributed by atoms with Crippen molar-refractivity contribution in [1.29, 1.82) is 0 Å². The lowest BCUT2D eigenvalue weighted by atomic mass is 10.1. The predicted molar refractivity (Wildman–Crippen MR) is 107 cm³/mol. The highest BCUT2D eigenvalue weighted by Gasteiger charge is 2.20. The summed E-state index contributed by atoms with van der Waals surface area (Å²) in [6, 6.07) is 21.3. The number of rotatable bonds is 8. The summed E-state index contributed by atoms with van der Waals surface area (Å²) in [6.45, 7) is 1.35. The fraction of sp³-hybridized carbons (Fsp3) is 0.130. The molecule has 2 aromatic carbocycles. The molecule has 6 heteroatoms. The van der Waals surface area contributed by atoms with E-state index >= 15 is 0 Å². The van der Waals surface area contributed by atoms with Crippen molar-refractivity contribution in [2.45, 2.75) is 19.8 Å². The molecule has 4 rings (SSSR count). The Kier molecular flexibility index (Phi) is 5.83. The average Bonchev–Trinajstić information content (AvgIpc) is 3.45. The number of hydrogen-bond donors (Lipinski definition) is 1. The van der Waals surface area contributed by atoms with E-state index in [1.807, 2.05) is 54.6 Å². The van der Waals surface area contributed by atoms with Crippen LogP contribution < -0.4 is 5.32 Å². The molecule has 29 heavy (non-hydrogen) atoms. The molecule has 6 nitrogen and oxygen atoms in total. The number of ether oxygens (including phenoxy) is 1. The summed E-state index contributed by atoms with van der Waals surface area (Å²) in [5, 5.41) is 2.89. The minimum atomic E-state index is -0.329. The third kappa shape index (κ3) is 4.62. The van der Waals surface area contributed by atoms with Gasteiger partial charge >= 0.3 is 0 Å². The lowest BCUT2D eigenvalue weighted by molar-refractivity contribution is 0.0943. The molecular formula is C23H20N2O4. The molecule has 0 aliphatic carbocycles. The Labute approximate surface area is 168 Å². The highest BCUT2D eigenvalue weighted by atomic mass is 16.5. The van der Waals surface area contributed by atoms with Crippen LogP contribution in [0.25, 0.3) is 11.5 Å².